The van der Waals surface area contributed by atoms with Crippen molar-refractivity contribution in [2.45, 2.75) is 9.64 Å². The number of hydrogen-bond acceptors (Lipinski definition) is 5. The monoisotopic (exact) mass is 387 g/mol. The molecule has 0 spiro atoms. The molecule has 1 unspecified atom stereocenters. The highest BCUT2D eigenvalue weighted by molar-refractivity contribution is 8.02. The fourth-order valence-electron chi connectivity index (χ4n) is 3.86. The first-order valence-corrected chi connectivity index (χ1v) is 9.74. The standard InChI is InChI=1S/C23H17NO3S/c1-26-15-7-5-6-14(12-15)23-21(17-8-3-4-9-18(17)22(23)25)24-19-11-10-16(27-2)13-20(19)28-23/h3-13H,1-2H3. The van der Waals surface area contributed by atoms with E-state index in [0.717, 1.165) is 33.2 Å². The highest BCUT2D eigenvalue weighted by atomic mass is 32.2. The molecule has 0 radical (unpaired) electrons. The van der Waals surface area contributed by atoms with Gasteiger partial charge in [-0.1, -0.05) is 48.2 Å². The lowest BCUT2D eigenvalue weighted by Crippen LogP contribution is -2.36. The Morgan fingerprint density at radius 3 is 2.39 bits per heavy atom. The molecule has 3 aromatic carbocycles. The molecule has 0 N–H and O–H groups in total. The summed E-state index contributed by atoms with van der Waals surface area (Å²) in [4.78, 5) is 19.6. The maximum absolute atomic E-state index is 13.7. The van der Waals surface area contributed by atoms with Crippen LogP contribution in [0.2, 0.25) is 0 Å². The van der Waals surface area contributed by atoms with Gasteiger partial charge in [0.05, 0.1) is 25.6 Å². The summed E-state index contributed by atoms with van der Waals surface area (Å²) in [5.41, 5.74) is 4.10. The summed E-state index contributed by atoms with van der Waals surface area (Å²) in [7, 11) is 3.27. The van der Waals surface area contributed by atoms with Crippen LogP contribution in [-0.4, -0.2) is 25.7 Å². The molecule has 1 aliphatic heterocycles. The molecule has 0 saturated carbocycles. The lowest BCUT2D eigenvalue weighted by molar-refractivity contribution is 0.0976. The van der Waals surface area contributed by atoms with Crippen LogP contribution in [0.3, 0.4) is 0 Å². The van der Waals surface area contributed by atoms with Gasteiger partial charge >= 0.3 is 0 Å². The fourth-order valence-corrected chi connectivity index (χ4v) is 5.28. The number of nitrogens with zero attached hydrogens (tertiary/aromatic N) is 1. The zero-order valence-electron chi connectivity index (χ0n) is 15.4. The molecule has 0 fully saturated rings. The van der Waals surface area contributed by atoms with Crippen molar-refractivity contribution in [2.24, 2.45) is 4.99 Å². The topological polar surface area (TPSA) is 47.9 Å². The number of hydrogen-bond donors (Lipinski definition) is 0. The van der Waals surface area contributed by atoms with Gasteiger partial charge in [-0.2, -0.15) is 0 Å². The minimum absolute atomic E-state index is 0.0496. The first-order chi connectivity index (χ1) is 13.7. The summed E-state index contributed by atoms with van der Waals surface area (Å²) in [6.07, 6.45) is 0. The zero-order valence-corrected chi connectivity index (χ0v) is 16.2. The van der Waals surface area contributed by atoms with Gasteiger partial charge in [-0.25, -0.2) is 4.99 Å². The van der Waals surface area contributed by atoms with E-state index in [1.807, 2.05) is 66.7 Å². The first kappa shape index (κ1) is 17.1. The van der Waals surface area contributed by atoms with Gasteiger partial charge in [-0.05, 0) is 35.9 Å². The second kappa shape index (κ2) is 6.24. The molecule has 1 aliphatic carbocycles. The third kappa shape index (κ3) is 2.26. The van der Waals surface area contributed by atoms with E-state index in [1.54, 1.807) is 14.2 Å². The highest BCUT2D eigenvalue weighted by Crippen LogP contribution is 2.57. The highest BCUT2D eigenvalue weighted by Gasteiger charge is 2.55. The van der Waals surface area contributed by atoms with Crippen LogP contribution in [0.25, 0.3) is 0 Å². The van der Waals surface area contributed by atoms with Crippen LogP contribution in [0.1, 0.15) is 21.5 Å². The van der Waals surface area contributed by atoms with Crippen LogP contribution in [0.5, 0.6) is 11.5 Å². The van der Waals surface area contributed by atoms with Crippen molar-refractivity contribution in [2.75, 3.05) is 14.2 Å². The van der Waals surface area contributed by atoms with Gasteiger partial charge in [-0.15, -0.1) is 0 Å². The molecule has 138 valence electrons. The number of methoxy groups -OCH3 is 2. The average molecular weight is 387 g/mol. The summed E-state index contributed by atoms with van der Waals surface area (Å²) >= 11 is 1.53. The minimum atomic E-state index is -0.933. The Hall–Kier alpha value is -3.05. The van der Waals surface area contributed by atoms with E-state index in [-0.39, 0.29) is 5.78 Å². The van der Waals surface area contributed by atoms with Gasteiger partial charge in [0.15, 0.2) is 10.5 Å². The lowest BCUT2D eigenvalue weighted by Gasteiger charge is -2.32. The van der Waals surface area contributed by atoms with Gasteiger partial charge in [-0.3, -0.25) is 4.79 Å². The van der Waals surface area contributed by atoms with Crippen molar-refractivity contribution in [3.8, 4) is 11.5 Å². The molecule has 1 heterocycles. The Balaban J connectivity index is 1.81. The predicted octanol–water partition coefficient (Wildman–Crippen LogP) is 5.02. The van der Waals surface area contributed by atoms with E-state index in [1.165, 1.54) is 11.8 Å². The van der Waals surface area contributed by atoms with Crippen LogP contribution in [0.4, 0.5) is 5.69 Å². The normalized spacial score (nSPS) is 19.4. The minimum Gasteiger partial charge on any atom is -0.497 e. The van der Waals surface area contributed by atoms with Crippen molar-refractivity contribution in [3.05, 3.63) is 83.4 Å². The number of carbonyl (C=O) groups excluding carboxylic acids is 1. The Labute approximate surface area is 167 Å². The molecule has 0 amide bonds. The van der Waals surface area contributed by atoms with E-state index in [9.17, 15) is 4.79 Å². The number of ketones is 1. The Kier molecular flexibility index (Phi) is 3.81. The van der Waals surface area contributed by atoms with E-state index in [4.69, 9.17) is 14.5 Å². The summed E-state index contributed by atoms with van der Waals surface area (Å²) in [5, 5.41) is 0. The molecule has 1 atom stereocenters. The lowest BCUT2D eigenvalue weighted by atomic mass is 9.91. The van der Waals surface area contributed by atoms with Crippen LogP contribution in [0, 0.1) is 0 Å². The number of rotatable bonds is 3. The van der Waals surface area contributed by atoms with E-state index >= 15 is 0 Å². The molecule has 0 saturated heterocycles. The molecule has 0 aromatic heterocycles. The molecular formula is C23H17NO3S. The first-order valence-electron chi connectivity index (χ1n) is 8.92. The second-order valence-corrected chi connectivity index (χ2v) is 7.94. The maximum atomic E-state index is 13.7. The van der Waals surface area contributed by atoms with Crippen LogP contribution < -0.4 is 9.47 Å². The number of thioether (sulfide) groups is 1. The Morgan fingerprint density at radius 2 is 1.61 bits per heavy atom. The number of aliphatic imine (C=N–C) groups is 1. The van der Waals surface area contributed by atoms with Crippen molar-refractivity contribution < 1.29 is 14.3 Å². The third-order valence-electron chi connectivity index (χ3n) is 5.22. The Morgan fingerprint density at radius 1 is 0.857 bits per heavy atom. The summed E-state index contributed by atoms with van der Waals surface area (Å²) in [6, 6.07) is 21.2. The van der Waals surface area contributed by atoms with Crippen molar-refractivity contribution in [1.29, 1.82) is 0 Å². The smallest absolute Gasteiger partial charge is 0.190 e. The number of carbonyl (C=O) groups is 1. The molecule has 4 nitrogen and oxygen atoms in total. The molecule has 2 aliphatic rings. The molecular weight excluding hydrogens is 370 g/mol. The third-order valence-corrected chi connectivity index (χ3v) is 6.69. The largest absolute Gasteiger partial charge is 0.497 e. The number of fused-ring (bicyclic) bond motifs is 4. The molecule has 5 heteroatoms. The van der Waals surface area contributed by atoms with E-state index < -0.39 is 4.75 Å². The van der Waals surface area contributed by atoms with Gasteiger partial charge in [0, 0.05) is 16.0 Å². The van der Waals surface area contributed by atoms with Crippen molar-refractivity contribution in [1.82, 2.24) is 0 Å². The number of ether oxygens (including phenoxy) is 2. The van der Waals surface area contributed by atoms with Crippen molar-refractivity contribution >= 4 is 28.9 Å². The van der Waals surface area contributed by atoms with Crippen LogP contribution >= 0.6 is 11.8 Å². The summed E-state index contributed by atoms with van der Waals surface area (Å²) < 4.78 is 9.88. The van der Waals surface area contributed by atoms with Crippen molar-refractivity contribution in [3.63, 3.8) is 0 Å². The van der Waals surface area contributed by atoms with Crippen LogP contribution in [0.15, 0.2) is 76.6 Å². The number of benzene rings is 3. The zero-order chi connectivity index (χ0) is 19.3. The maximum Gasteiger partial charge on any atom is 0.190 e. The second-order valence-electron chi connectivity index (χ2n) is 6.68. The number of Topliss-reactive ketones (excluding diaryl/α,β-unsaturated/α-hetero) is 1. The van der Waals surface area contributed by atoms with E-state index in [0.29, 0.717) is 11.3 Å². The van der Waals surface area contributed by atoms with Gasteiger partial charge in [0.25, 0.3) is 0 Å². The molecule has 0 bridgehead atoms. The molecule has 28 heavy (non-hydrogen) atoms. The quantitative estimate of drug-likeness (QED) is 0.633. The Bertz CT molecular complexity index is 1150. The fraction of sp³-hybridized carbons (Fsp3) is 0.130. The van der Waals surface area contributed by atoms with Gasteiger partial charge in [0.2, 0.25) is 0 Å². The SMILES string of the molecule is COc1cccc(C23Sc4cc(OC)ccc4N=C2c2ccccc2C3=O)c1. The average Bonchev–Trinajstić information content (AvgIpc) is 3.01. The van der Waals surface area contributed by atoms with E-state index in [2.05, 4.69) is 0 Å². The summed E-state index contributed by atoms with van der Waals surface area (Å²) in [5.74, 6) is 1.51. The molecule has 3 aromatic rings. The van der Waals surface area contributed by atoms with Gasteiger partial charge < -0.3 is 9.47 Å². The molecule has 5 rings (SSSR count). The predicted molar refractivity (Wildman–Crippen MR) is 110 cm³/mol. The van der Waals surface area contributed by atoms with Crippen LogP contribution in [-0.2, 0) is 4.75 Å². The summed E-state index contributed by atoms with van der Waals surface area (Å²) in [6.45, 7) is 0. The van der Waals surface area contributed by atoms with Gasteiger partial charge in [0.1, 0.15) is 11.5 Å².